The fraction of sp³-hybridized carbons (Fsp3) is 0.0556. The van der Waals surface area contributed by atoms with Gasteiger partial charge in [0, 0.05) is 40.0 Å². The predicted octanol–water partition coefficient (Wildman–Crippen LogP) is 0.857. The number of anilines is 1. The van der Waals surface area contributed by atoms with Crippen molar-refractivity contribution in [3.63, 3.8) is 0 Å². The van der Waals surface area contributed by atoms with E-state index in [2.05, 4.69) is 24.9 Å². The Bertz CT molecular complexity index is 1070. The quantitative estimate of drug-likeness (QED) is 0.154. The van der Waals surface area contributed by atoms with Crippen LogP contribution in [0.15, 0.2) is 63.7 Å². The van der Waals surface area contributed by atoms with Crippen molar-refractivity contribution >= 4 is 45.8 Å². The van der Waals surface area contributed by atoms with E-state index in [0.717, 1.165) is 0 Å². The minimum Gasteiger partial charge on any atom is -0.691 e. The molecular formula is C18H14CuN3NaO6S. The summed E-state index contributed by atoms with van der Waals surface area (Å²) in [5, 5.41) is 45.4. The molecule has 0 saturated carbocycles. The van der Waals surface area contributed by atoms with Crippen molar-refractivity contribution in [1.29, 1.82) is 0 Å². The molecule has 3 N–H and O–H groups in total. The maximum absolute atomic E-state index is 11.2. The second kappa shape index (κ2) is 12.3. The molecule has 0 fully saturated rings. The van der Waals surface area contributed by atoms with Gasteiger partial charge in [-0.3, -0.25) is 9.83 Å². The summed E-state index contributed by atoms with van der Waals surface area (Å²) in [7, 11) is 0. The first kappa shape index (κ1) is 26.4. The molecule has 3 aromatic carbocycles. The number of hydrogen-bond donors (Lipinski definition) is 3. The van der Waals surface area contributed by atoms with Gasteiger partial charge in [-0.05, 0) is 47.9 Å². The van der Waals surface area contributed by atoms with Gasteiger partial charge in [-0.1, -0.05) is 6.07 Å². The molecule has 3 rings (SSSR count). The molecular weight excluding hydrogens is 473 g/mol. The SMILES string of the molecule is CC(=O)Nc1ccc2c(O)c(N=Nc3cc(SOO[O-])ccc3O)ccc2c1.[Cu].[Na+]. The molecule has 0 aliphatic rings. The van der Waals surface area contributed by atoms with Crippen LogP contribution in [0.5, 0.6) is 11.5 Å². The summed E-state index contributed by atoms with van der Waals surface area (Å²) in [4.78, 5) is 11.6. The number of amides is 1. The zero-order chi connectivity index (χ0) is 20.1. The van der Waals surface area contributed by atoms with Crippen LogP contribution in [0.1, 0.15) is 6.92 Å². The normalized spacial score (nSPS) is 10.5. The van der Waals surface area contributed by atoms with Crippen molar-refractivity contribution < 1.29 is 76.3 Å². The molecule has 1 amide bonds. The standard InChI is InChI=1S/C18H15N3O6S.Cu.Na/c1-10(22)19-12-3-5-14-11(8-12)2-6-15(18(14)24)20-21-16-9-13(28-27-26-25)4-7-17(16)23;;/h2-9,23-25H,1H3,(H,19,22);;/q;;+1/p-1. The van der Waals surface area contributed by atoms with Crippen LogP contribution in [0.4, 0.5) is 17.1 Å². The van der Waals surface area contributed by atoms with E-state index in [0.29, 0.717) is 33.4 Å². The number of carbonyl (C=O) groups is 1. The van der Waals surface area contributed by atoms with Gasteiger partial charge in [-0.25, -0.2) is 0 Å². The largest absolute Gasteiger partial charge is 1.00 e. The number of hydrogen-bond acceptors (Lipinski definition) is 9. The number of phenols is 2. The van der Waals surface area contributed by atoms with Crippen LogP contribution in [-0.4, -0.2) is 16.1 Å². The summed E-state index contributed by atoms with van der Waals surface area (Å²) in [6.07, 6.45) is 0. The molecule has 155 valence electrons. The number of nitrogens with zero attached hydrogens (tertiary/aromatic N) is 2. The van der Waals surface area contributed by atoms with Gasteiger partial charge < -0.3 is 20.8 Å². The number of phenolic OH excluding ortho intramolecular Hbond substituents is 2. The van der Waals surface area contributed by atoms with E-state index >= 15 is 0 Å². The van der Waals surface area contributed by atoms with Gasteiger partial charge >= 0.3 is 29.6 Å². The van der Waals surface area contributed by atoms with E-state index in [1.807, 2.05) is 0 Å². The Morgan fingerprint density at radius 2 is 1.80 bits per heavy atom. The Hall–Kier alpha value is -1.66. The Kier molecular flexibility index (Phi) is 10.8. The summed E-state index contributed by atoms with van der Waals surface area (Å²) in [5.41, 5.74) is 0.911. The van der Waals surface area contributed by atoms with Crippen molar-refractivity contribution in [3.8, 4) is 11.5 Å². The molecule has 3 aromatic rings. The smallest absolute Gasteiger partial charge is 0.691 e. The molecule has 0 heterocycles. The summed E-state index contributed by atoms with van der Waals surface area (Å²) in [6, 6.07) is 12.6. The Morgan fingerprint density at radius 3 is 2.50 bits per heavy atom. The molecule has 0 aliphatic heterocycles. The van der Waals surface area contributed by atoms with E-state index in [9.17, 15) is 20.3 Å². The zero-order valence-electron chi connectivity index (χ0n) is 15.8. The van der Waals surface area contributed by atoms with Crippen LogP contribution >= 0.6 is 12.0 Å². The third-order valence-electron chi connectivity index (χ3n) is 3.66. The number of aromatic hydroxyl groups is 2. The second-order valence-electron chi connectivity index (χ2n) is 5.62. The first-order valence-corrected chi connectivity index (χ1v) is 8.63. The monoisotopic (exact) mass is 486 g/mol. The van der Waals surface area contributed by atoms with Crippen LogP contribution in [0.3, 0.4) is 0 Å². The number of rotatable bonds is 6. The molecule has 9 nitrogen and oxygen atoms in total. The molecule has 0 aromatic heterocycles. The van der Waals surface area contributed by atoms with Gasteiger partial charge in [0.15, 0.2) is 5.75 Å². The molecule has 0 saturated heterocycles. The topological polar surface area (TPSA) is 136 Å². The van der Waals surface area contributed by atoms with E-state index in [1.165, 1.54) is 25.1 Å². The van der Waals surface area contributed by atoms with Gasteiger partial charge in [-0.2, -0.15) is 4.33 Å². The molecule has 1 radical (unpaired) electrons. The molecule has 0 bridgehead atoms. The Balaban J connectivity index is 0.00000225. The minimum absolute atomic E-state index is 0. The van der Waals surface area contributed by atoms with Crippen molar-refractivity contribution in [2.45, 2.75) is 11.8 Å². The minimum atomic E-state index is -0.193. The number of fused-ring (bicyclic) bond motifs is 1. The fourth-order valence-electron chi connectivity index (χ4n) is 2.46. The Morgan fingerprint density at radius 1 is 1.07 bits per heavy atom. The molecule has 0 spiro atoms. The number of nitrogens with one attached hydrogen (secondary N) is 1. The maximum Gasteiger partial charge on any atom is 1.00 e. The number of azo groups is 1. The first-order chi connectivity index (χ1) is 13.5. The second-order valence-corrected chi connectivity index (χ2v) is 6.39. The number of benzene rings is 3. The fourth-order valence-corrected chi connectivity index (χ4v) is 2.85. The summed E-state index contributed by atoms with van der Waals surface area (Å²) < 4.78 is 4.22. The predicted molar refractivity (Wildman–Crippen MR) is 100 cm³/mol. The third-order valence-corrected chi connectivity index (χ3v) is 4.23. The summed E-state index contributed by atoms with van der Waals surface area (Å²) in [6.45, 7) is 1.41. The zero-order valence-corrected chi connectivity index (χ0v) is 19.5. The van der Waals surface area contributed by atoms with E-state index in [4.69, 9.17) is 0 Å². The van der Waals surface area contributed by atoms with Gasteiger partial charge in [0.2, 0.25) is 5.91 Å². The van der Waals surface area contributed by atoms with E-state index in [1.54, 1.807) is 30.3 Å². The van der Waals surface area contributed by atoms with Gasteiger partial charge in [0.1, 0.15) is 17.1 Å². The molecule has 0 unspecified atom stereocenters. The van der Waals surface area contributed by atoms with Crippen molar-refractivity contribution in [3.05, 3.63) is 48.5 Å². The molecule has 12 heteroatoms. The van der Waals surface area contributed by atoms with Crippen LogP contribution in [0.2, 0.25) is 0 Å². The molecule has 0 atom stereocenters. The third kappa shape index (κ3) is 6.67. The maximum atomic E-state index is 11.2. The molecule has 0 aliphatic carbocycles. The summed E-state index contributed by atoms with van der Waals surface area (Å²) >= 11 is 0.649. The van der Waals surface area contributed by atoms with Crippen LogP contribution in [0, 0.1) is 0 Å². The van der Waals surface area contributed by atoms with E-state index in [-0.39, 0.29) is 75.4 Å². The van der Waals surface area contributed by atoms with Crippen molar-refractivity contribution in [2.75, 3.05) is 5.32 Å². The van der Waals surface area contributed by atoms with E-state index < -0.39 is 0 Å². The van der Waals surface area contributed by atoms with Gasteiger partial charge in [0.25, 0.3) is 0 Å². The number of carbonyl (C=O) groups excluding carboxylic acids is 1. The van der Waals surface area contributed by atoms with Gasteiger partial charge in [-0.15, -0.1) is 10.2 Å². The van der Waals surface area contributed by atoms with Gasteiger partial charge in [0.05, 0.1) is 12.0 Å². The van der Waals surface area contributed by atoms with Crippen molar-refractivity contribution in [2.24, 2.45) is 10.2 Å². The molecule has 30 heavy (non-hydrogen) atoms. The summed E-state index contributed by atoms with van der Waals surface area (Å²) in [5.74, 6) is -0.429. The van der Waals surface area contributed by atoms with Crippen LogP contribution in [0.25, 0.3) is 10.8 Å². The average molecular weight is 487 g/mol. The van der Waals surface area contributed by atoms with Crippen molar-refractivity contribution in [1.82, 2.24) is 0 Å². The first-order valence-electron chi connectivity index (χ1n) is 7.89. The van der Waals surface area contributed by atoms with Crippen LogP contribution in [-0.2, 0) is 31.2 Å². The average Bonchev–Trinajstić information content (AvgIpc) is 2.67. The van der Waals surface area contributed by atoms with Crippen LogP contribution < -0.4 is 40.1 Å². The Labute approximate surface area is 208 Å².